The molecule has 0 saturated carbocycles. The summed E-state index contributed by atoms with van der Waals surface area (Å²) >= 11 is 1.49. The third-order valence-electron chi connectivity index (χ3n) is 4.74. The molecule has 3 rings (SSSR count). The van der Waals surface area contributed by atoms with Crippen LogP contribution in [0.2, 0.25) is 0 Å². The van der Waals surface area contributed by atoms with Crippen molar-refractivity contribution in [3.63, 3.8) is 0 Å². The molecular weight excluding hydrogens is 418 g/mol. The molecular formula is C22H27N3O3S2. The highest BCUT2D eigenvalue weighted by atomic mass is 32.2. The Labute approximate surface area is 182 Å². The molecule has 0 fully saturated rings. The first-order valence-electron chi connectivity index (χ1n) is 9.86. The van der Waals surface area contributed by atoms with E-state index < -0.39 is 9.84 Å². The third kappa shape index (κ3) is 5.65. The predicted octanol–water partition coefficient (Wildman–Crippen LogP) is 3.75. The average Bonchev–Trinajstić information content (AvgIpc) is 3.11. The summed E-state index contributed by atoms with van der Waals surface area (Å²) in [5, 5.41) is 0.661. The molecule has 2 aromatic carbocycles. The van der Waals surface area contributed by atoms with Gasteiger partial charge in [-0.3, -0.25) is 9.69 Å². The Bertz CT molecular complexity index is 1110. The van der Waals surface area contributed by atoms with Gasteiger partial charge in [-0.25, -0.2) is 13.4 Å². The highest BCUT2D eigenvalue weighted by Gasteiger charge is 2.21. The summed E-state index contributed by atoms with van der Waals surface area (Å²) < 4.78 is 26.0. The Hall–Kier alpha value is -2.29. The number of thiazole rings is 1. The maximum absolute atomic E-state index is 13.0. The highest BCUT2D eigenvalue weighted by Crippen LogP contribution is 2.30. The number of hydrogen-bond acceptors (Lipinski definition) is 6. The fourth-order valence-corrected chi connectivity index (χ4v) is 5.50. The number of aromatic nitrogens is 1. The van der Waals surface area contributed by atoms with Gasteiger partial charge >= 0.3 is 0 Å². The van der Waals surface area contributed by atoms with E-state index >= 15 is 0 Å². The maximum Gasteiger partial charge on any atom is 0.228 e. The fourth-order valence-electron chi connectivity index (χ4n) is 3.06. The molecule has 1 aromatic heterocycles. The van der Waals surface area contributed by atoms with E-state index in [1.165, 1.54) is 11.3 Å². The summed E-state index contributed by atoms with van der Waals surface area (Å²) in [4.78, 5) is 21.6. The number of carbonyl (C=O) groups excluding carboxylic acids is 1. The Morgan fingerprint density at radius 1 is 1.07 bits per heavy atom. The van der Waals surface area contributed by atoms with Gasteiger partial charge in [0.2, 0.25) is 5.91 Å². The Morgan fingerprint density at radius 3 is 2.50 bits per heavy atom. The smallest absolute Gasteiger partial charge is 0.228 e. The monoisotopic (exact) mass is 445 g/mol. The van der Waals surface area contributed by atoms with Crippen LogP contribution in [0.3, 0.4) is 0 Å². The zero-order chi connectivity index (χ0) is 21.7. The first-order chi connectivity index (χ1) is 14.3. The number of benzene rings is 2. The summed E-state index contributed by atoms with van der Waals surface area (Å²) in [7, 11) is 0.521. The number of carbonyl (C=O) groups is 1. The van der Waals surface area contributed by atoms with Gasteiger partial charge in [0.1, 0.15) is 0 Å². The zero-order valence-electron chi connectivity index (χ0n) is 17.5. The van der Waals surface area contributed by atoms with Gasteiger partial charge in [0.05, 0.1) is 20.9 Å². The van der Waals surface area contributed by atoms with Crippen molar-refractivity contribution < 1.29 is 13.2 Å². The molecule has 0 aliphatic rings. The lowest BCUT2D eigenvalue weighted by Gasteiger charge is -2.22. The molecule has 0 radical (unpaired) electrons. The molecule has 3 aromatic rings. The number of rotatable bonds is 9. The van der Waals surface area contributed by atoms with Gasteiger partial charge < -0.3 is 4.90 Å². The van der Waals surface area contributed by atoms with Crippen molar-refractivity contribution in [3.05, 3.63) is 54.1 Å². The van der Waals surface area contributed by atoms with E-state index in [0.717, 1.165) is 15.8 Å². The molecule has 1 amide bonds. The number of likely N-dealkylation sites (N-methyl/N-ethyl adjacent to an activating group) is 1. The second-order valence-corrected chi connectivity index (χ2v) is 10.7. The van der Waals surface area contributed by atoms with Crippen molar-refractivity contribution in [1.82, 2.24) is 9.88 Å². The molecule has 30 heavy (non-hydrogen) atoms. The van der Waals surface area contributed by atoms with Crippen molar-refractivity contribution in [3.8, 4) is 0 Å². The first kappa shape index (κ1) is 22.4. The fraction of sp³-hybridized carbons (Fsp3) is 0.364. The third-order valence-corrected chi connectivity index (χ3v) is 7.60. The second kappa shape index (κ2) is 9.68. The van der Waals surface area contributed by atoms with Gasteiger partial charge in [0, 0.05) is 19.5 Å². The molecule has 0 aliphatic carbocycles. The summed E-state index contributed by atoms with van der Waals surface area (Å²) in [6, 6.07) is 14.4. The molecule has 0 N–H and O–H groups in total. The van der Waals surface area contributed by atoms with Crippen LogP contribution in [0.1, 0.15) is 18.4 Å². The number of sulfone groups is 1. The van der Waals surface area contributed by atoms with Gasteiger partial charge in [0.25, 0.3) is 0 Å². The van der Waals surface area contributed by atoms with Crippen LogP contribution in [-0.2, 0) is 14.6 Å². The Kier molecular flexibility index (Phi) is 7.23. The van der Waals surface area contributed by atoms with Gasteiger partial charge in [-0.2, -0.15) is 0 Å². The second-order valence-electron chi connectivity index (χ2n) is 7.55. The van der Waals surface area contributed by atoms with E-state index in [9.17, 15) is 13.2 Å². The number of fused-ring (bicyclic) bond motifs is 1. The van der Waals surface area contributed by atoms with Crippen LogP contribution in [0.15, 0.2) is 53.4 Å². The molecule has 0 bridgehead atoms. The molecule has 160 valence electrons. The Balaban J connectivity index is 1.72. The van der Waals surface area contributed by atoms with Gasteiger partial charge in [0.15, 0.2) is 15.0 Å². The minimum atomic E-state index is -3.39. The SMILES string of the molecule is Cc1ccc2nc(N(CCN(C)C)C(=O)CCCS(=O)(=O)c3ccccc3)sc2c1. The molecule has 0 unspecified atom stereocenters. The minimum absolute atomic E-state index is 0.0523. The summed E-state index contributed by atoms with van der Waals surface area (Å²) in [5.74, 6) is -0.153. The van der Waals surface area contributed by atoms with Gasteiger partial charge in [-0.05, 0) is 57.3 Å². The largest absolute Gasteiger partial charge is 0.308 e. The van der Waals surface area contributed by atoms with Crippen LogP contribution in [0.4, 0.5) is 5.13 Å². The molecule has 1 heterocycles. The normalized spacial score (nSPS) is 11.9. The first-order valence-corrected chi connectivity index (χ1v) is 12.3. The molecule has 8 heteroatoms. The van der Waals surface area contributed by atoms with E-state index in [4.69, 9.17) is 0 Å². The number of anilines is 1. The number of aryl methyl sites for hydroxylation is 1. The van der Waals surface area contributed by atoms with E-state index in [0.29, 0.717) is 23.1 Å². The van der Waals surface area contributed by atoms with Crippen molar-refractivity contribution in [2.45, 2.75) is 24.7 Å². The molecule has 0 spiro atoms. The van der Waals surface area contributed by atoms with E-state index in [-0.39, 0.29) is 24.5 Å². The van der Waals surface area contributed by atoms with Gasteiger partial charge in [-0.15, -0.1) is 0 Å². The molecule has 0 aliphatic heterocycles. The lowest BCUT2D eigenvalue weighted by atomic mass is 10.2. The lowest BCUT2D eigenvalue weighted by Crippen LogP contribution is -2.36. The van der Waals surface area contributed by atoms with E-state index in [1.54, 1.807) is 35.2 Å². The predicted molar refractivity (Wildman–Crippen MR) is 123 cm³/mol. The van der Waals surface area contributed by atoms with Gasteiger partial charge in [-0.1, -0.05) is 35.6 Å². The van der Waals surface area contributed by atoms with Crippen LogP contribution < -0.4 is 4.90 Å². The number of hydrogen-bond donors (Lipinski definition) is 0. The summed E-state index contributed by atoms with van der Waals surface area (Å²) in [6.45, 7) is 3.24. The lowest BCUT2D eigenvalue weighted by molar-refractivity contribution is -0.118. The number of nitrogens with zero attached hydrogens (tertiary/aromatic N) is 3. The van der Waals surface area contributed by atoms with Crippen molar-refractivity contribution in [2.75, 3.05) is 37.8 Å². The van der Waals surface area contributed by atoms with E-state index in [2.05, 4.69) is 11.1 Å². The zero-order valence-corrected chi connectivity index (χ0v) is 19.2. The summed E-state index contributed by atoms with van der Waals surface area (Å²) in [5.41, 5.74) is 2.02. The Morgan fingerprint density at radius 2 is 1.80 bits per heavy atom. The van der Waals surface area contributed by atoms with Crippen molar-refractivity contribution >= 4 is 42.4 Å². The topological polar surface area (TPSA) is 70.6 Å². The van der Waals surface area contributed by atoms with Crippen LogP contribution in [0.25, 0.3) is 10.2 Å². The number of amides is 1. The van der Waals surface area contributed by atoms with E-state index in [1.807, 2.05) is 38.1 Å². The highest BCUT2D eigenvalue weighted by molar-refractivity contribution is 7.91. The van der Waals surface area contributed by atoms with Crippen molar-refractivity contribution in [1.29, 1.82) is 0 Å². The van der Waals surface area contributed by atoms with Crippen LogP contribution in [0, 0.1) is 6.92 Å². The quantitative estimate of drug-likeness (QED) is 0.502. The van der Waals surface area contributed by atoms with Crippen molar-refractivity contribution in [2.24, 2.45) is 0 Å². The van der Waals surface area contributed by atoms with Crippen LogP contribution in [-0.4, -0.2) is 57.1 Å². The minimum Gasteiger partial charge on any atom is -0.308 e. The molecule has 6 nitrogen and oxygen atoms in total. The summed E-state index contributed by atoms with van der Waals surface area (Å²) in [6.07, 6.45) is 0.437. The standard InChI is InChI=1S/C22H27N3O3S2/c1-17-11-12-19-20(16-17)29-22(23-19)25(14-13-24(2)3)21(26)10-7-15-30(27,28)18-8-5-4-6-9-18/h4-6,8-9,11-12,16H,7,10,13-15H2,1-3H3. The van der Waals surface area contributed by atoms with Crippen LogP contribution in [0.5, 0.6) is 0 Å². The molecule has 0 atom stereocenters. The maximum atomic E-state index is 13.0. The average molecular weight is 446 g/mol. The van der Waals surface area contributed by atoms with Crippen LogP contribution >= 0.6 is 11.3 Å². The molecule has 0 saturated heterocycles.